The highest BCUT2D eigenvalue weighted by molar-refractivity contribution is 5.82. The Bertz CT molecular complexity index is 236. The molecular weight excluding hydrogens is 200 g/mol. The van der Waals surface area contributed by atoms with Gasteiger partial charge < -0.3 is 20.6 Å². The Hall–Kier alpha value is -0.690. The second-order valence-corrected chi connectivity index (χ2v) is 3.83. The van der Waals surface area contributed by atoms with Crippen LogP contribution >= 0.6 is 0 Å². The molecule has 1 fully saturated rings. The molecule has 4 atom stereocenters. The minimum Gasteiger partial charge on any atom is -0.389 e. The molecule has 0 spiro atoms. The largest absolute Gasteiger partial charge is 0.389 e. The van der Waals surface area contributed by atoms with Gasteiger partial charge in [0, 0.05) is 13.1 Å². The van der Waals surface area contributed by atoms with Gasteiger partial charge in [0.1, 0.15) is 18.2 Å². The average Bonchev–Trinajstić information content (AvgIpc) is 2.15. The number of nitrogens with one attached hydrogen (secondary N) is 1. The van der Waals surface area contributed by atoms with Crippen LogP contribution in [0.1, 0.15) is 6.92 Å². The number of carbonyl (C=O) groups excluding carboxylic acids is 1. The maximum absolute atomic E-state index is 11.6. The van der Waals surface area contributed by atoms with E-state index in [1.807, 2.05) is 0 Å². The monoisotopic (exact) mass is 218 g/mol. The van der Waals surface area contributed by atoms with E-state index >= 15 is 0 Å². The van der Waals surface area contributed by atoms with Crippen molar-refractivity contribution in [3.8, 4) is 0 Å². The first-order valence-electron chi connectivity index (χ1n) is 5.01. The molecule has 1 aliphatic heterocycles. The number of carbonyl (C=O) groups is 1. The van der Waals surface area contributed by atoms with Crippen molar-refractivity contribution in [1.29, 1.82) is 0 Å². The number of aliphatic hydroxyl groups is 3. The summed E-state index contributed by atoms with van der Waals surface area (Å²) in [6.07, 6.45) is -3.55. The van der Waals surface area contributed by atoms with E-state index < -0.39 is 24.4 Å². The van der Waals surface area contributed by atoms with Gasteiger partial charge in [0.2, 0.25) is 5.91 Å². The highest BCUT2D eigenvalue weighted by atomic mass is 16.4. The number of nitrogens with zero attached hydrogens (tertiary/aromatic N) is 1. The summed E-state index contributed by atoms with van der Waals surface area (Å²) in [5.74, 6) is -0.335. The summed E-state index contributed by atoms with van der Waals surface area (Å²) in [6, 6.07) is -0.802. The lowest BCUT2D eigenvalue weighted by Gasteiger charge is -2.40. The van der Waals surface area contributed by atoms with E-state index in [1.165, 1.54) is 4.90 Å². The summed E-state index contributed by atoms with van der Waals surface area (Å²) in [5, 5.41) is 31.1. The number of likely N-dealkylation sites (tertiary alicyclic amines) is 1. The first kappa shape index (κ1) is 12.4. The summed E-state index contributed by atoms with van der Waals surface area (Å²) < 4.78 is 0. The first-order chi connectivity index (χ1) is 6.99. The van der Waals surface area contributed by atoms with Gasteiger partial charge in [-0.25, -0.2) is 0 Å². The SMILES string of the molecule is CCNC(=O)[C@@H]1[C@@H](O)[C@@H](O)[C@H](O)CN1C. The molecule has 0 radical (unpaired) electrons. The van der Waals surface area contributed by atoms with E-state index in [0.717, 1.165) is 0 Å². The number of piperidine rings is 1. The summed E-state index contributed by atoms with van der Waals surface area (Å²) in [5.41, 5.74) is 0. The fourth-order valence-electron chi connectivity index (χ4n) is 1.83. The summed E-state index contributed by atoms with van der Waals surface area (Å²) >= 11 is 0. The van der Waals surface area contributed by atoms with Crippen LogP contribution in [0.4, 0.5) is 0 Å². The van der Waals surface area contributed by atoms with Gasteiger partial charge in [0.15, 0.2) is 0 Å². The number of likely N-dealkylation sites (N-methyl/N-ethyl adjacent to an activating group) is 2. The van der Waals surface area contributed by atoms with Crippen LogP contribution in [-0.2, 0) is 4.79 Å². The van der Waals surface area contributed by atoms with Crippen LogP contribution in [0, 0.1) is 0 Å². The van der Waals surface area contributed by atoms with Crippen molar-refractivity contribution in [2.75, 3.05) is 20.1 Å². The molecule has 0 bridgehead atoms. The Balaban J connectivity index is 2.73. The first-order valence-corrected chi connectivity index (χ1v) is 5.01. The maximum Gasteiger partial charge on any atom is 0.240 e. The Morgan fingerprint density at radius 1 is 1.40 bits per heavy atom. The van der Waals surface area contributed by atoms with Gasteiger partial charge in [-0.05, 0) is 14.0 Å². The van der Waals surface area contributed by atoms with Crippen molar-refractivity contribution < 1.29 is 20.1 Å². The number of β-amino-alcohol motifs (C(OH)–C–C–N with tert-alkyl or cyclic N) is 1. The molecule has 1 heterocycles. The van der Waals surface area contributed by atoms with Crippen molar-refractivity contribution in [3.63, 3.8) is 0 Å². The molecule has 0 aromatic rings. The third kappa shape index (κ3) is 2.46. The van der Waals surface area contributed by atoms with Gasteiger partial charge in [0.05, 0.1) is 6.10 Å². The van der Waals surface area contributed by atoms with Crippen LogP contribution in [-0.4, -0.2) is 70.6 Å². The Kier molecular flexibility index (Phi) is 4.04. The highest BCUT2D eigenvalue weighted by Crippen LogP contribution is 2.17. The smallest absolute Gasteiger partial charge is 0.240 e. The van der Waals surface area contributed by atoms with Gasteiger partial charge in [-0.2, -0.15) is 0 Å². The lowest BCUT2D eigenvalue weighted by Crippen LogP contribution is -2.64. The highest BCUT2D eigenvalue weighted by Gasteiger charge is 2.43. The fourth-order valence-corrected chi connectivity index (χ4v) is 1.83. The van der Waals surface area contributed by atoms with Crippen molar-refractivity contribution in [2.45, 2.75) is 31.3 Å². The third-order valence-corrected chi connectivity index (χ3v) is 2.64. The van der Waals surface area contributed by atoms with Crippen LogP contribution in [0.3, 0.4) is 0 Å². The second-order valence-electron chi connectivity index (χ2n) is 3.83. The van der Waals surface area contributed by atoms with Gasteiger partial charge in [-0.15, -0.1) is 0 Å². The molecule has 0 aliphatic carbocycles. The summed E-state index contributed by atoms with van der Waals surface area (Å²) in [4.78, 5) is 13.1. The van der Waals surface area contributed by atoms with Gasteiger partial charge in [-0.3, -0.25) is 9.69 Å². The summed E-state index contributed by atoms with van der Waals surface area (Å²) in [6.45, 7) is 2.41. The third-order valence-electron chi connectivity index (χ3n) is 2.64. The summed E-state index contributed by atoms with van der Waals surface area (Å²) in [7, 11) is 1.62. The van der Waals surface area contributed by atoms with Crippen LogP contribution in [0.25, 0.3) is 0 Å². The molecule has 1 aliphatic rings. The molecular formula is C9H18N2O4. The molecule has 4 N–H and O–H groups in total. The maximum atomic E-state index is 11.6. The molecule has 1 amide bonds. The Labute approximate surface area is 88.5 Å². The van der Waals surface area contributed by atoms with Gasteiger partial charge in [-0.1, -0.05) is 0 Å². The molecule has 6 nitrogen and oxygen atoms in total. The Morgan fingerprint density at radius 3 is 2.53 bits per heavy atom. The quantitative estimate of drug-likeness (QED) is 0.412. The topological polar surface area (TPSA) is 93.0 Å². The number of rotatable bonds is 2. The zero-order valence-electron chi connectivity index (χ0n) is 8.92. The Morgan fingerprint density at radius 2 is 2.00 bits per heavy atom. The van der Waals surface area contributed by atoms with E-state index in [2.05, 4.69) is 5.32 Å². The molecule has 0 unspecified atom stereocenters. The van der Waals surface area contributed by atoms with Gasteiger partial charge >= 0.3 is 0 Å². The van der Waals surface area contributed by atoms with Crippen molar-refractivity contribution >= 4 is 5.91 Å². The predicted molar refractivity (Wildman–Crippen MR) is 53.1 cm³/mol. The molecule has 0 saturated carbocycles. The molecule has 0 aromatic carbocycles. The molecule has 1 rings (SSSR count). The fraction of sp³-hybridized carbons (Fsp3) is 0.889. The second kappa shape index (κ2) is 4.89. The van der Waals surface area contributed by atoms with Crippen LogP contribution in [0.5, 0.6) is 0 Å². The van der Waals surface area contributed by atoms with Crippen molar-refractivity contribution in [3.05, 3.63) is 0 Å². The zero-order valence-corrected chi connectivity index (χ0v) is 8.92. The number of hydrogen-bond donors (Lipinski definition) is 4. The number of aliphatic hydroxyl groups excluding tert-OH is 3. The normalized spacial score (nSPS) is 37.7. The standard InChI is InChI=1S/C9H18N2O4/c1-3-10-9(15)6-8(14)7(13)5(12)4-11(6)2/h5-8,12-14H,3-4H2,1-2H3,(H,10,15)/t5-,6+,7+,8-/m1/s1. The van der Waals surface area contributed by atoms with E-state index in [1.54, 1.807) is 14.0 Å². The van der Waals surface area contributed by atoms with Gasteiger partial charge in [0.25, 0.3) is 0 Å². The number of hydrogen-bond acceptors (Lipinski definition) is 5. The minimum absolute atomic E-state index is 0.167. The van der Waals surface area contributed by atoms with E-state index in [-0.39, 0.29) is 12.5 Å². The zero-order chi connectivity index (χ0) is 11.6. The van der Waals surface area contributed by atoms with E-state index in [0.29, 0.717) is 6.54 Å². The lowest BCUT2D eigenvalue weighted by molar-refractivity contribution is -0.154. The lowest BCUT2D eigenvalue weighted by atomic mass is 9.94. The predicted octanol–water partition coefficient (Wildman–Crippen LogP) is -2.48. The number of amides is 1. The molecule has 0 aromatic heterocycles. The molecule has 88 valence electrons. The average molecular weight is 218 g/mol. The molecule has 6 heteroatoms. The van der Waals surface area contributed by atoms with Crippen LogP contribution in [0.15, 0.2) is 0 Å². The minimum atomic E-state index is -1.27. The van der Waals surface area contributed by atoms with Crippen molar-refractivity contribution in [2.24, 2.45) is 0 Å². The van der Waals surface area contributed by atoms with E-state index in [9.17, 15) is 20.1 Å². The van der Waals surface area contributed by atoms with Crippen molar-refractivity contribution in [1.82, 2.24) is 10.2 Å². The van der Waals surface area contributed by atoms with Crippen LogP contribution in [0.2, 0.25) is 0 Å². The molecule has 1 saturated heterocycles. The molecule has 15 heavy (non-hydrogen) atoms. The van der Waals surface area contributed by atoms with E-state index in [4.69, 9.17) is 0 Å². The van der Waals surface area contributed by atoms with Crippen LogP contribution < -0.4 is 5.32 Å².